The number of carbonyl (C=O) groups is 2. The summed E-state index contributed by atoms with van der Waals surface area (Å²) in [6.07, 6.45) is 0. The number of nitrogens with one attached hydrogen (secondary N) is 2. The lowest BCUT2D eigenvalue weighted by atomic mass is 10.1. The van der Waals surface area contributed by atoms with Crippen molar-refractivity contribution in [3.63, 3.8) is 0 Å². The summed E-state index contributed by atoms with van der Waals surface area (Å²) in [6.45, 7) is 1.67. The van der Waals surface area contributed by atoms with Gasteiger partial charge in [-0.25, -0.2) is 12.7 Å². The Morgan fingerprint density at radius 2 is 1.65 bits per heavy atom. The smallest absolute Gasteiger partial charge is 0.255 e. The maximum absolute atomic E-state index is 12.6. The van der Waals surface area contributed by atoms with Crippen LogP contribution in [0.5, 0.6) is 0 Å². The number of nitrogens with zero attached hydrogens (tertiary/aromatic N) is 1. The maximum atomic E-state index is 12.6. The van der Waals surface area contributed by atoms with Crippen molar-refractivity contribution < 1.29 is 18.0 Å². The van der Waals surface area contributed by atoms with Crippen molar-refractivity contribution in [1.29, 1.82) is 0 Å². The van der Waals surface area contributed by atoms with E-state index in [4.69, 9.17) is 0 Å². The van der Waals surface area contributed by atoms with Gasteiger partial charge in [-0.1, -0.05) is 18.2 Å². The van der Waals surface area contributed by atoms with Crippen LogP contribution >= 0.6 is 0 Å². The first-order valence-corrected chi connectivity index (χ1v) is 9.28. The molecule has 8 heteroatoms. The van der Waals surface area contributed by atoms with Crippen LogP contribution in [-0.4, -0.2) is 45.7 Å². The second-order valence-corrected chi connectivity index (χ2v) is 7.97. The third kappa shape index (κ3) is 3.92. The molecule has 0 fully saturated rings. The zero-order valence-electron chi connectivity index (χ0n) is 15.0. The molecule has 0 atom stereocenters. The highest BCUT2D eigenvalue weighted by atomic mass is 32.2. The molecule has 0 aromatic heterocycles. The van der Waals surface area contributed by atoms with E-state index in [1.54, 1.807) is 43.3 Å². The Labute approximate surface area is 153 Å². The lowest BCUT2D eigenvalue weighted by molar-refractivity contribution is 0.0964. The number of para-hydroxylation sites is 1. The van der Waals surface area contributed by atoms with E-state index in [1.807, 2.05) is 0 Å². The van der Waals surface area contributed by atoms with E-state index in [2.05, 4.69) is 10.6 Å². The fourth-order valence-electron chi connectivity index (χ4n) is 2.34. The largest absolute Gasteiger partial charge is 0.355 e. The van der Waals surface area contributed by atoms with E-state index in [-0.39, 0.29) is 16.4 Å². The SMILES string of the molecule is CNC(=O)c1ccccc1NC(=O)c1ccc(C)c(S(=O)(=O)N(C)C)c1. The Hall–Kier alpha value is -2.71. The van der Waals surface area contributed by atoms with Gasteiger partial charge >= 0.3 is 0 Å². The summed E-state index contributed by atoms with van der Waals surface area (Å²) >= 11 is 0. The van der Waals surface area contributed by atoms with Gasteiger partial charge in [0.2, 0.25) is 10.0 Å². The van der Waals surface area contributed by atoms with Crippen LogP contribution in [0.25, 0.3) is 0 Å². The Balaban J connectivity index is 2.40. The van der Waals surface area contributed by atoms with Crippen molar-refractivity contribution in [1.82, 2.24) is 9.62 Å². The van der Waals surface area contributed by atoms with Gasteiger partial charge in [0, 0.05) is 26.7 Å². The average Bonchev–Trinajstić information content (AvgIpc) is 2.61. The molecule has 138 valence electrons. The second kappa shape index (κ2) is 7.67. The lowest BCUT2D eigenvalue weighted by Gasteiger charge is -2.15. The molecular formula is C18H21N3O4S. The second-order valence-electron chi connectivity index (χ2n) is 5.85. The number of hydrogen-bond donors (Lipinski definition) is 2. The van der Waals surface area contributed by atoms with Gasteiger partial charge in [-0.3, -0.25) is 9.59 Å². The number of anilines is 1. The third-order valence-corrected chi connectivity index (χ3v) is 5.81. The molecule has 0 radical (unpaired) electrons. The molecule has 0 saturated heterocycles. The van der Waals surface area contributed by atoms with Gasteiger partial charge in [0.1, 0.15) is 0 Å². The zero-order valence-corrected chi connectivity index (χ0v) is 15.8. The van der Waals surface area contributed by atoms with Crippen molar-refractivity contribution in [2.75, 3.05) is 26.5 Å². The number of carbonyl (C=O) groups excluding carboxylic acids is 2. The summed E-state index contributed by atoms with van der Waals surface area (Å²) in [7, 11) is 0.690. The molecule has 0 saturated carbocycles. The minimum Gasteiger partial charge on any atom is -0.355 e. The molecule has 0 bridgehead atoms. The predicted molar refractivity (Wildman–Crippen MR) is 99.8 cm³/mol. The first-order chi connectivity index (χ1) is 12.2. The van der Waals surface area contributed by atoms with E-state index >= 15 is 0 Å². The van der Waals surface area contributed by atoms with E-state index in [1.165, 1.54) is 27.2 Å². The van der Waals surface area contributed by atoms with Crippen LogP contribution in [0.3, 0.4) is 0 Å². The Morgan fingerprint density at radius 3 is 2.27 bits per heavy atom. The molecule has 0 unspecified atom stereocenters. The van der Waals surface area contributed by atoms with Gasteiger partial charge in [-0.2, -0.15) is 0 Å². The summed E-state index contributed by atoms with van der Waals surface area (Å²) in [5.41, 5.74) is 1.38. The Bertz CT molecular complexity index is 953. The van der Waals surface area contributed by atoms with Gasteiger partial charge < -0.3 is 10.6 Å². The predicted octanol–water partition coefficient (Wildman–Crippen LogP) is 1.86. The molecule has 2 amide bonds. The Kier molecular flexibility index (Phi) is 5.79. The fourth-order valence-corrected chi connectivity index (χ4v) is 3.48. The van der Waals surface area contributed by atoms with Crippen molar-refractivity contribution >= 4 is 27.5 Å². The molecule has 0 aliphatic heterocycles. The topological polar surface area (TPSA) is 95.6 Å². The Morgan fingerprint density at radius 1 is 1.00 bits per heavy atom. The minimum absolute atomic E-state index is 0.0646. The van der Waals surface area contributed by atoms with Crippen LogP contribution in [0.1, 0.15) is 26.3 Å². The molecule has 2 aromatic carbocycles. The number of amides is 2. The summed E-state index contributed by atoms with van der Waals surface area (Å²) < 4.78 is 25.9. The van der Waals surface area contributed by atoms with Gasteiger partial charge in [0.15, 0.2) is 0 Å². The quantitative estimate of drug-likeness (QED) is 0.834. The van der Waals surface area contributed by atoms with E-state index in [0.29, 0.717) is 16.8 Å². The van der Waals surface area contributed by atoms with E-state index < -0.39 is 15.9 Å². The van der Waals surface area contributed by atoms with Gasteiger partial charge in [-0.15, -0.1) is 0 Å². The highest BCUT2D eigenvalue weighted by molar-refractivity contribution is 7.89. The first kappa shape index (κ1) is 19.6. The van der Waals surface area contributed by atoms with E-state index in [9.17, 15) is 18.0 Å². The highest BCUT2D eigenvalue weighted by Gasteiger charge is 2.22. The molecule has 0 aliphatic rings. The molecule has 0 heterocycles. The number of aryl methyl sites for hydroxylation is 1. The number of sulfonamides is 1. The van der Waals surface area contributed by atoms with Gasteiger partial charge in [-0.05, 0) is 36.8 Å². The molecule has 7 nitrogen and oxygen atoms in total. The first-order valence-electron chi connectivity index (χ1n) is 7.84. The maximum Gasteiger partial charge on any atom is 0.255 e. The van der Waals surface area contributed by atoms with E-state index in [0.717, 1.165) is 4.31 Å². The van der Waals surface area contributed by atoms with Crippen molar-refractivity contribution in [3.8, 4) is 0 Å². The van der Waals surface area contributed by atoms with Gasteiger partial charge in [0.05, 0.1) is 16.1 Å². The van der Waals surface area contributed by atoms with Crippen molar-refractivity contribution in [2.24, 2.45) is 0 Å². The number of rotatable bonds is 5. The van der Waals surface area contributed by atoms with Crippen LogP contribution in [0.4, 0.5) is 5.69 Å². The van der Waals surface area contributed by atoms with Crippen LogP contribution in [0, 0.1) is 6.92 Å². The standard InChI is InChI=1S/C18H21N3O4S/c1-12-9-10-13(11-16(12)26(24,25)21(3)4)17(22)20-15-8-6-5-7-14(15)18(23)19-2/h5-11H,1-4H3,(H,19,23)(H,20,22). The minimum atomic E-state index is -3.67. The molecule has 26 heavy (non-hydrogen) atoms. The highest BCUT2D eigenvalue weighted by Crippen LogP contribution is 2.21. The fraction of sp³-hybridized carbons (Fsp3) is 0.222. The summed E-state index contributed by atoms with van der Waals surface area (Å²) in [6, 6.07) is 11.0. The average molecular weight is 375 g/mol. The zero-order chi connectivity index (χ0) is 19.5. The molecule has 0 aliphatic carbocycles. The number of hydrogen-bond acceptors (Lipinski definition) is 4. The third-order valence-electron chi connectivity index (χ3n) is 3.86. The molecular weight excluding hydrogens is 354 g/mol. The molecule has 2 rings (SSSR count). The lowest BCUT2D eigenvalue weighted by Crippen LogP contribution is -2.24. The van der Waals surface area contributed by atoms with Crippen LogP contribution < -0.4 is 10.6 Å². The van der Waals surface area contributed by atoms with Crippen LogP contribution in [0.2, 0.25) is 0 Å². The molecule has 2 N–H and O–H groups in total. The van der Waals surface area contributed by atoms with Crippen LogP contribution in [0.15, 0.2) is 47.4 Å². The summed E-state index contributed by atoms with van der Waals surface area (Å²) in [5.74, 6) is -0.836. The molecule has 0 spiro atoms. The molecule has 2 aromatic rings. The summed E-state index contributed by atoms with van der Waals surface area (Å²) in [5, 5.41) is 5.17. The van der Waals surface area contributed by atoms with Crippen molar-refractivity contribution in [2.45, 2.75) is 11.8 Å². The van der Waals surface area contributed by atoms with Crippen molar-refractivity contribution in [3.05, 3.63) is 59.2 Å². The van der Waals surface area contributed by atoms with Gasteiger partial charge in [0.25, 0.3) is 11.8 Å². The van der Waals surface area contributed by atoms with Crippen LogP contribution in [-0.2, 0) is 10.0 Å². The monoisotopic (exact) mass is 375 g/mol. The number of benzene rings is 2. The normalized spacial score (nSPS) is 11.3. The summed E-state index contributed by atoms with van der Waals surface area (Å²) in [4.78, 5) is 24.6.